The average molecular weight is 258 g/mol. The fourth-order valence-electron chi connectivity index (χ4n) is 0.953. The summed E-state index contributed by atoms with van der Waals surface area (Å²) in [6.45, 7) is 5.62. The zero-order valence-electron chi connectivity index (χ0n) is 10.7. The Balaban J connectivity index is 4.20. The highest BCUT2D eigenvalue weighted by atomic mass is 16.5. The van der Waals surface area contributed by atoms with Gasteiger partial charge in [-0.3, -0.25) is 10.1 Å². The predicted octanol–water partition coefficient (Wildman–Crippen LogP) is 0.270. The topological polar surface area (TPSA) is 105 Å². The quantitative estimate of drug-likeness (QED) is 0.468. The van der Waals surface area contributed by atoms with Gasteiger partial charge in [-0.05, 0) is 20.8 Å². The third kappa shape index (κ3) is 6.00. The first-order valence-corrected chi connectivity index (χ1v) is 5.47. The van der Waals surface area contributed by atoms with E-state index < -0.39 is 17.9 Å². The van der Waals surface area contributed by atoms with Crippen LogP contribution in [0.4, 0.5) is 4.79 Å². The van der Waals surface area contributed by atoms with Crippen LogP contribution >= 0.6 is 0 Å². The summed E-state index contributed by atoms with van der Waals surface area (Å²) in [5.74, 6) is -1.93. The van der Waals surface area contributed by atoms with Gasteiger partial charge in [0.2, 0.25) is 0 Å². The maximum atomic E-state index is 11.5. The molecule has 102 valence electrons. The minimum Gasteiger partial charge on any atom is -0.478 e. The van der Waals surface area contributed by atoms with Gasteiger partial charge in [-0.25, -0.2) is 9.59 Å². The highest BCUT2D eigenvalue weighted by molar-refractivity contribution is 6.07. The third-order valence-electron chi connectivity index (χ3n) is 2.19. The monoisotopic (exact) mass is 258 g/mol. The van der Waals surface area contributed by atoms with Gasteiger partial charge >= 0.3 is 12.0 Å². The van der Waals surface area contributed by atoms with E-state index in [1.54, 1.807) is 0 Å². The molecule has 0 spiro atoms. The second kappa shape index (κ2) is 8.24. The van der Waals surface area contributed by atoms with Crippen molar-refractivity contribution in [1.29, 1.82) is 0 Å². The van der Waals surface area contributed by atoms with Gasteiger partial charge in [0.05, 0.1) is 6.61 Å². The van der Waals surface area contributed by atoms with Gasteiger partial charge in [0.15, 0.2) is 0 Å². The van der Waals surface area contributed by atoms with Crippen molar-refractivity contribution in [3.8, 4) is 0 Å². The van der Waals surface area contributed by atoms with Crippen molar-refractivity contribution in [3.63, 3.8) is 0 Å². The molecule has 0 aliphatic rings. The second-order valence-electron chi connectivity index (χ2n) is 3.46. The molecule has 0 atom stereocenters. The number of nitrogens with one attached hydrogen (secondary N) is 2. The van der Waals surface area contributed by atoms with E-state index in [1.807, 2.05) is 12.2 Å². The fraction of sp³-hybridized carbons (Fsp3) is 0.545. The first kappa shape index (κ1) is 16.1. The fourth-order valence-corrected chi connectivity index (χ4v) is 0.953. The van der Waals surface area contributed by atoms with Crippen molar-refractivity contribution < 1.29 is 24.2 Å². The number of carbonyl (C=O) groups excluding carboxylic acids is 2. The van der Waals surface area contributed by atoms with Crippen LogP contribution in [-0.2, 0) is 14.3 Å². The maximum absolute atomic E-state index is 11.5. The Morgan fingerprint density at radius 3 is 2.28 bits per heavy atom. The molecule has 0 aliphatic heterocycles. The van der Waals surface area contributed by atoms with Crippen LogP contribution in [0.2, 0.25) is 0 Å². The van der Waals surface area contributed by atoms with Crippen LogP contribution in [0.25, 0.3) is 0 Å². The summed E-state index contributed by atoms with van der Waals surface area (Å²) in [5, 5.41) is 13.1. The SMILES string of the molecule is CCOCCNC(=O)NC(=O)/C(C)=C(/C)C(=O)O. The van der Waals surface area contributed by atoms with Gasteiger partial charge in [-0.1, -0.05) is 0 Å². The molecule has 7 heteroatoms. The number of rotatable bonds is 6. The van der Waals surface area contributed by atoms with E-state index in [4.69, 9.17) is 9.84 Å². The molecule has 0 aliphatic carbocycles. The van der Waals surface area contributed by atoms with E-state index in [9.17, 15) is 14.4 Å². The van der Waals surface area contributed by atoms with Crippen LogP contribution in [0.5, 0.6) is 0 Å². The van der Waals surface area contributed by atoms with Crippen LogP contribution in [0.3, 0.4) is 0 Å². The summed E-state index contributed by atoms with van der Waals surface area (Å²) in [6.07, 6.45) is 0. The first-order valence-electron chi connectivity index (χ1n) is 5.47. The molecule has 0 radical (unpaired) electrons. The minimum absolute atomic E-state index is 0.0116. The van der Waals surface area contributed by atoms with Crippen molar-refractivity contribution in [1.82, 2.24) is 10.6 Å². The molecule has 0 rings (SSSR count). The molecule has 0 aromatic heterocycles. The Morgan fingerprint density at radius 1 is 1.17 bits per heavy atom. The maximum Gasteiger partial charge on any atom is 0.331 e. The molecule has 0 bridgehead atoms. The van der Waals surface area contributed by atoms with E-state index in [1.165, 1.54) is 13.8 Å². The lowest BCUT2D eigenvalue weighted by molar-refractivity contribution is -0.133. The molecule has 0 saturated carbocycles. The molecule has 0 fully saturated rings. The van der Waals surface area contributed by atoms with Crippen molar-refractivity contribution in [3.05, 3.63) is 11.1 Å². The lowest BCUT2D eigenvalue weighted by Crippen LogP contribution is -2.41. The normalized spacial score (nSPS) is 11.5. The molecule has 18 heavy (non-hydrogen) atoms. The molecule has 0 aromatic carbocycles. The predicted molar refractivity (Wildman–Crippen MR) is 64.0 cm³/mol. The number of carboxylic acid groups (broad SMARTS) is 1. The van der Waals surface area contributed by atoms with Gasteiger partial charge in [0.25, 0.3) is 5.91 Å². The highest BCUT2D eigenvalue weighted by Gasteiger charge is 2.14. The summed E-state index contributed by atoms with van der Waals surface area (Å²) in [7, 11) is 0. The summed E-state index contributed by atoms with van der Waals surface area (Å²) >= 11 is 0. The van der Waals surface area contributed by atoms with Crippen molar-refractivity contribution in [2.75, 3.05) is 19.8 Å². The minimum atomic E-state index is -1.19. The van der Waals surface area contributed by atoms with E-state index in [0.29, 0.717) is 13.2 Å². The van der Waals surface area contributed by atoms with Crippen LogP contribution < -0.4 is 10.6 Å². The summed E-state index contributed by atoms with van der Waals surface area (Å²) < 4.78 is 4.99. The lowest BCUT2D eigenvalue weighted by Gasteiger charge is -2.07. The van der Waals surface area contributed by atoms with Gasteiger partial charge in [0.1, 0.15) is 0 Å². The summed E-state index contributed by atoms with van der Waals surface area (Å²) in [6, 6.07) is -0.683. The number of hydrogen-bond donors (Lipinski definition) is 3. The van der Waals surface area contributed by atoms with Crippen LogP contribution in [0.1, 0.15) is 20.8 Å². The lowest BCUT2D eigenvalue weighted by atomic mass is 10.1. The summed E-state index contributed by atoms with van der Waals surface area (Å²) in [4.78, 5) is 33.3. The molecule has 3 amide bonds. The number of urea groups is 1. The van der Waals surface area contributed by atoms with Gasteiger partial charge in [-0.2, -0.15) is 0 Å². The summed E-state index contributed by atoms with van der Waals surface area (Å²) in [5.41, 5.74) is -0.114. The number of carboxylic acids is 1. The second-order valence-corrected chi connectivity index (χ2v) is 3.46. The van der Waals surface area contributed by atoms with Gasteiger partial charge in [-0.15, -0.1) is 0 Å². The number of ether oxygens (including phenoxy) is 1. The number of amides is 3. The number of hydrogen-bond acceptors (Lipinski definition) is 4. The number of imide groups is 1. The van der Waals surface area contributed by atoms with Crippen LogP contribution in [0.15, 0.2) is 11.1 Å². The largest absolute Gasteiger partial charge is 0.478 e. The van der Waals surface area contributed by atoms with E-state index in [-0.39, 0.29) is 17.7 Å². The Kier molecular flexibility index (Phi) is 7.37. The molecule has 0 saturated heterocycles. The smallest absolute Gasteiger partial charge is 0.331 e. The Labute approximate surface area is 105 Å². The number of carbonyl (C=O) groups is 3. The zero-order valence-corrected chi connectivity index (χ0v) is 10.7. The Morgan fingerprint density at radius 2 is 1.78 bits per heavy atom. The van der Waals surface area contributed by atoms with Crippen molar-refractivity contribution in [2.45, 2.75) is 20.8 Å². The van der Waals surface area contributed by atoms with E-state index in [0.717, 1.165) is 0 Å². The van der Waals surface area contributed by atoms with Gasteiger partial charge in [0, 0.05) is 24.3 Å². The molecule has 0 aromatic rings. The Bertz CT molecular complexity index is 362. The van der Waals surface area contributed by atoms with Crippen LogP contribution in [0, 0.1) is 0 Å². The first-order chi connectivity index (χ1) is 8.40. The molecule has 7 nitrogen and oxygen atoms in total. The molecule has 0 heterocycles. The molecule has 0 unspecified atom stereocenters. The zero-order chi connectivity index (χ0) is 14.1. The Hall–Kier alpha value is -1.89. The highest BCUT2D eigenvalue weighted by Crippen LogP contribution is 2.02. The van der Waals surface area contributed by atoms with E-state index in [2.05, 4.69) is 5.32 Å². The van der Waals surface area contributed by atoms with Crippen molar-refractivity contribution >= 4 is 17.9 Å². The molecular weight excluding hydrogens is 240 g/mol. The molecule has 3 N–H and O–H groups in total. The standard InChI is InChI=1S/C11H18N2O5/c1-4-18-6-5-12-11(17)13-9(14)7(2)8(3)10(15)16/h4-6H2,1-3H3,(H,15,16)(H2,12,13,14,17)/b8-7-. The molecular formula is C11H18N2O5. The van der Waals surface area contributed by atoms with Crippen LogP contribution in [-0.4, -0.2) is 42.8 Å². The van der Waals surface area contributed by atoms with Crippen molar-refractivity contribution in [2.24, 2.45) is 0 Å². The van der Waals surface area contributed by atoms with Gasteiger partial charge < -0.3 is 15.2 Å². The average Bonchev–Trinajstić information content (AvgIpc) is 2.32. The van der Waals surface area contributed by atoms with E-state index >= 15 is 0 Å². The number of aliphatic carboxylic acids is 1. The third-order valence-corrected chi connectivity index (χ3v) is 2.19.